The van der Waals surface area contributed by atoms with Crippen LogP contribution in [0.15, 0.2) is 28.4 Å². The van der Waals surface area contributed by atoms with Gasteiger partial charge in [-0.05, 0) is 43.3 Å². The highest BCUT2D eigenvalue weighted by atomic mass is 32.1. The van der Waals surface area contributed by atoms with Crippen molar-refractivity contribution in [3.05, 3.63) is 55.6 Å². The lowest BCUT2D eigenvalue weighted by Gasteiger charge is -2.14. The zero-order valence-corrected chi connectivity index (χ0v) is 13.5. The molecule has 0 aliphatic carbocycles. The van der Waals surface area contributed by atoms with Crippen molar-refractivity contribution < 1.29 is 9.90 Å². The quantitative estimate of drug-likeness (QED) is 0.756. The summed E-state index contributed by atoms with van der Waals surface area (Å²) in [5, 5.41) is 14.2. The van der Waals surface area contributed by atoms with Crippen LogP contribution in [-0.2, 0) is 6.42 Å². The monoisotopic (exact) mass is 320 g/mol. The van der Waals surface area contributed by atoms with Gasteiger partial charge in [0.25, 0.3) is 11.5 Å². The van der Waals surface area contributed by atoms with Crippen LogP contribution in [0.25, 0.3) is 0 Å². The van der Waals surface area contributed by atoms with E-state index in [0.717, 1.165) is 10.6 Å². The molecule has 0 aliphatic heterocycles. The van der Waals surface area contributed by atoms with E-state index in [4.69, 9.17) is 0 Å². The van der Waals surface area contributed by atoms with Crippen LogP contribution >= 0.6 is 11.3 Å². The fourth-order valence-electron chi connectivity index (χ4n) is 2.38. The number of H-pyrrole nitrogens is 1. The second-order valence-corrected chi connectivity index (χ2v) is 6.41. The molecular weight excluding hydrogens is 300 g/mol. The molecule has 0 saturated heterocycles. The highest BCUT2D eigenvalue weighted by molar-refractivity contribution is 7.09. The molecule has 2 rings (SSSR count). The van der Waals surface area contributed by atoms with Crippen LogP contribution in [0.3, 0.4) is 0 Å². The van der Waals surface area contributed by atoms with E-state index in [1.807, 2.05) is 17.5 Å². The van der Waals surface area contributed by atoms with E-state index in [9.17, 15) is 14.7 Å². The summed E-state index contributed by atoms with van der Waals surface area (Å²) in [5.41, 5.74) is 1.13. The summed E-state index contributed by atoms with van der Waals surface area (Å²) >= 11 is 1.62. The molecule has 0 saturated carbocycles. The zero-order chi connectivity index (χ0) is 16.1. The summed E-state index contributed by atoms with van der Waals surface area (Å²) in [4.78, 5) is 27.9. The highest BCUT2D eigenvalue weighted by Gasteiger charge is 2.16. The van der Waals surface area contributed by atoms with Crippen molar-refractivity contribution in [2.75, 3.05) is 13.2 Å². The topological polar surface area (TPSA) is 82.2 Å². The van der Waals surface area contributed by atoms with Gasteiger partial charge in [0.05, 0.1) is 0 Å². The number of aromatic amines is 1. The van der Waals surface area contributed by atoms with Crippen LogP contribution in [0.2, 0.25) is 0 Å². The normalized spacial score (nSPS) is 12.1. The standard InChI is InChI=1S/C16H20N2O3S/c1-10-6-11(2)18-16(21)14(10)15(20)17-8-12(9-19)7-13-4-3-5-22-13/h3-6,12,19H,7-9H2,1-2H3,(H,17,20)(H,18,21)/t12-/m1/s1. The van der Waals surface area contributed by atoms with Crippen molar-refractivity contribution >= 4 is 17.2 Å². The number of amides is 1. The molecule has 5 nitrogen and oxygen atoms in total. The molecule has 22 heavy (non-hydrogen) atoms. The van der Waals surface area contributed by atoms with E-state index in [1.54, 1.807) is 31.3 Å². The van der Waals surface area contributed by atoms with Crippen molar-refractivity contribution in [1.82, 2.24) is 10.3 Å². The first kappa shape index (κ1) is 16.5. The Morgan fingerprint density at radius 3 is 2.82 bits per heavy atom. The predicted molar refractivity (Wildman–Crippen MR) is 87.5 cm³/mol. The van der Waals surface area contributed by atoms with Crippen molar-refractivity contribution in [2.24, 2.45) is 5.92 Å². The van der Waals surface area contributed by atoms with Crippen molar-refractivity contribution in [2.45, 2.75) is 20.3 Å². The summed E-state index contributed by atoms with van der Waals surface area (Å²) in [5.74, 6) is -0.462. The largest absolute Gasteiger partial charge is 0.396 e. The number of hydrogen-bond donors (Lipinski definition) is 3. The maximum absolute atomic E-state index is 12.2. The molecule has 0 radical (unpaired) electrons. The maximum atomic E-state index is 12.2. The van der Waals surface area contributed by atoms with Crippen LogP contribution in [0.5, 0.6) is 0 Å². The summed E-state index contributed by atoms with van der Waals surface area (Å²) in [6, 6.07) is 5.73. The summed E-state index contributed by atoms with van der Waals surface area (Å²) in [6.07, 6.45) is 0.706. The molecule has 118 valence electrons. The maximum Gasteiger partial charge on any atom is 0.261 e. The Kier molecular flexibility index (Phi) is 5.51. The van der Waals surface area contributed by atoms with Gasteiger partial charge >= 0.3 is 0 Å². The van der Waals surface area contributed by atoms with Crippen LogP contribution in [0.1, 0.15) is 26.5 Å². The van der Waals surface area contributed by atoms with E-state index in [-0.39, 0.29) is 23.6 Å². The minimum absolute atomic E-state index is 0.0125. The molecule has 3 N–H and O–H groups in total. The smallest absolute Gasteiger partial charge is 0.261 e. The molecule has 2 heterocycles. The van der Waals surface area contributed by atoms with Crippen LogP contribution in [-0.4, -0.2) is 29.1 Å². The lowest BCUT2D eigenvalue weighted by atomic mass is 10.0. The van der Waals surface area contributed by atoms with E-state index < -0.39 is 5.91 Å². The summed E-state index contributed by atoms with van der Waals surface area (Å²) in [7, 11) is 0. The number of pyridine rings is 1. The Hall–Kier alpha value is -1.92. The molecular formula is C16H20N2O3S. The number of thiophene rings is 1. The fourth-order valence-corrected chi connectivity index (χ4v) is 3.20. The van der Waals surface area contributed by atoms with E-state index in [0.29, 0.717) is 18.5 Å². The number of aliphatic hydroxyl groups excluding tert-OH is 1. The molecule has 0 bridgehead atoms. The lowest BCUT2D eigenvalue weighted by molar-refractivity contribution is 0.0938. The lowest BCUT2D eigenvalue weighted by Crippen LogP contribution is -2.35. The molecule has 0 fully saturated rings. The summed E-state index contributed by atoms with van der Waals surface area (Å²) < 4.78 is 0. The molecule has 2 aromatic heterocycles. The molecule has 1 atom stereocenters. The number of aromatic nitrogens is 1. The first-order chi connectivity index (χ1) is 10.5. The number of aliphatic hydroxyl groups is 1. The van der Waals surface area contributed by atoms with Gasteiger partial charge in [-0.2, -0.15) is 0 Å². The van der Waals surface area contributed by atoms with E-state index >= 15 is 0 Å². The first-order valence-corrected chi connectivity index (χ1v) is 8.01. The minimum Gasteiger partial charge on any atom is -0.396 e. The third-order valence-electron chi connectivity index (χ3n) is 3.47. The Bertz CT molecular complexity index is 692. The third kappa shape index (κ3) is 4.05. The Morgan fingerprint density at radius 1 is 1.45 bits per heavy atom. The number of nitrogens with one attached hydrogen (secondary N) is 2. The van der Waals surface area contributed by atoms with Gasteiger partial charge in [-0.3, -0.25) is 9.59 Å². The first-order valence-electron chi connectivity index (χ1n) is 7.13. The number of aryl methyl sites for hydroxylation is 2. The zero-order valence-electron chi connectivity index (χ0n) is 12.7. The van der Waals surface area contributed by atoms with Gasteiger partial charge in [0.1, 0.15) is 5.56 Å². The van der Waals surface area contributed by atoms with Gasteiger partial charge in [-0.25, -0.2) is 0 Å². The van der Waals surface area contributed by atoms with Crippen LogP contribution in [0, 0.1) is 19.8 Å². The van der Waals surface area contributed by atoms with Crippen molar-refractivity contribution in [3.63, 3.8) is 0 Å². The minimum atomic E-state index is -0.400. The SMILES string of the molecule is Cc1cc(C)c(C(=O)NC[C@H](CO)Cc2cccs2)c(=O)[nH]1. The van der Waals surface area contributed by atoms with Gasteiger partial charge in [0.2, 0.25) is 0 Å². The second-order valence-electron chi connectivity index (χ2n) is 5.38. The highest BCUT2D eigenvalue weighted by Crippen LogP contribution is 2.14. The Morgan fingerprint density at radius 2 is 2.23 bits per heavy atom. The van der Waals surface area contributed by atoms with Crippen molar-refractivity contribution in [1.29, 1.82) is 0 Å². The predicted octanol–water partition coefficient (Wildman–Crippen LogP) is 1.63. The van der Waals surface area contributed by atoms with Gasteiger partial charge in [-0.1, -0.05) is 6.07 Å². The fraction of sp³-hybridized carbons (Fsp3) is 0.375. The third-order valence-corrected chi connectivity index (χ3v) is 4.37. The number of carbonyl (C=O) groups excluding carboxylic acids is 1. The molecule has 0 spiro atoms. The second kappa shape index (κ2) is 7.38. The van der Waals surface area contributed by atoms with Gasteiger partial charge in [0, 0.05) is 29.6 Å². The van der Waals surface area contributed by atoms with Gasteiger partial charge in [-0.15, -0.1) is 11.3 Å². The summed E-state index contributed by atoms with van der Waals surface area (Å²) in [6.45, 7) is 3.84. The molecule has 0 aliphatic rings. The van der Waals surface area contributed by atoms with Gasteiger partial charge in [0.15, 0.2) is 0 Å². The average Bonchev–Trinajstić information content (AvgIpc) is 2.95. The number of carbonyl (C=O) groups is 1. The van der Waals surface area contributed by atoms with E-state index in [1.165, 1.54) is 0 Å². The number of hydrogen-bond acceptors (Lipinski definition) is 4. The molecule has 0 aromatic carbocycles. The van der Waals surface area contributed by atoms with Gasteiger partial charge < -0.3 is 15.4 Å². The van der Waals surface area contributed by atoms with Crippen LogP contribution < -0.4 is 10.9 Å². The number of rotatable bonds is 6. The average molecular weight is 320 g/mol. The molecule has 6 heteroatoms. The Labute approximate surface area is 133 Å². The Balaban J connectivity index is 2.01. The van der Waals surface area contributed by atoms with E-state index in [2.05, 4.69) is 10.3 Å². The van der Waals surface area contributed by atoms with Crippen molar-refractivity contribution in [3.8, 4) is 0 Å². The molecule has 0 unspecified atom stereocenters. The molecule has 2 aromatic rings. The molecule has 1 amide bonds. The van der Waals surface area contributed by atoms with Crippen LogP contribution in [0.4, 0.5) is 0 Å².